The number of pyridine rings is 1. The molecule has 1 amide bonds. The average Bonchev–Trinajstić information content (AvgIpc) is 3.24. The fourth-order valence-electron chi connectivity index (χ4n) is 4.56. The molecule has 2 atom stereocenters. The number of aromatic nitrogens is 3. The molecule has 5 rings (SSSR count). The predicted octanol–water partition coefficient (Wildman–Crippen LogP) is 2.69. The van der Waals surface area contributed by atoms with Gasteiger partial charge in [-0.1, -0.05) is 0 Å². The quantitative estimate of drug-likeness (QED) is 0.640. The summed E-state index contributed by atoms with van der Waals surface area (Å²) < 4.78 is 42.0. The smallest absolute Gasteiger partial charge is 0.255 e. The van der Waals surface area contributed by atoms with E-state index in [1.165, 1.54) is 29.0 Å². The first kappa shape index (κ1) is 21.2. The Morgan fingerprint density at radius 2 is 1.85 bits per heavy atom. The van der Waals surface area contributed by atoms with Crippen molar-refractivity contribution in [2.75, 3.05) is 25.0 Å². The molecule has 170 valence electrons. The molecular weight excluding hydrogens is 435 g/mol. The van der Waals surface area contributed by atoms with E-state index in [1.54, 1.807) is 11.9 Å². The number of carbonyl (C=O) groups is 1. The van der Waals surface area contributed by atoms with Gasteiger partial charge in [0.15, 0.2) is 17.5 Å². The number of nitrogens with one attached hydrogen (secondary N) is 1. The normalized spacial score (nSPS) is 21.1. The summed E-state index contributed by atoms with van der Waals surface area (Å²) in [7, 11) is 1.58. The third-order valence-corrected chi connectivity index (χ3v) is 6.50. The third kappa shape index (κ3) is 3.85. The average molecular weight is 455 g/mol. The molecule has 1 aromatic carbocycles. The Bertz CT molecular complexity index is 1300. The SMILES string of the molecule is Cn1c(NCC2C3CN(C(=O)c4ccc(F)c(F)c4)CC23)nc(-c2ccncc2F)cc1=O. The molecule has 1 saturated heterocycles. The van der Waals surface area contributed by atoms with Crippen LogP contribution in [0.4, 0.5) is 19.1 Å². The molecule has 2 aliphatic rings. The molecule has 1 N–H and O–H groups in total. The maximum Gasteiger partial charge on any atom is 0.255 e. The number of benzene rings is 1. The molecule has 2 aromatic heterocycles. The zero-order valence-corrected chi connectivity index (χ0v) is 17.6. The van der Waals surface area contributed by atoms with Crippen LogP contribution in [0.5, 0.6) is 0 Å². The van der Waals surface area contributed by atoms with Crippen molar-refractivity contribution in [1.82, 2.24) is 19.4 Å². The highest BCUT2D eigenvalue weighted by Gasteiger charge is 2.56. The number of rotatable bonds is 5. The van der Waals surface area contributed by atoms with E-state index in [9.17, 15) is 22.8 Å². The van der Waals surface area contributed by atoms with Gasteiger partial charge in [0.1, 0.15) is 0 Å². The number of fused-ring (bicyclic) bond motifs is 1. The van der Waals surface area contributed by atoms with Gasteiger partial charge in [-0.3, -0.25) is 19.1 Å². The third-order valence-electron chi connectivity index (χ3n) is 6.50. The predicted molar refractivity (Wildman–Crippen MR) is 114 cm³/mol. The van der Waals surface area contributed by atoms with Crippen molar-refractivity contribution in [1.29, 1.82) is 0 Å². The molecule has 0 spiro atoms. The van der Waals surface area contributed by atoms with Crippen molar-refractivity contribution in [2.45, 2.75) is 0 Å². The van der Waals surface area contributed by atoms with Crippen molar-refractivity contribution in [3.63, 3.8) is 0 Å². The topological polar surface area (TPSA) is 80.1 Å². The van der Waals surface area contributed by atoms with Crippen LogP contribution in [0.2, 0.25) is 0 Å². The molecular formula is C23H20F3N5O2. The Labute approximate surface area is 186 Å². The van der Waals surface area contributed by atoms with Crippen LogP contribution in [0, 0.1) is 35.2 Å². The second kappa shape index (κ2) is 8.02. The Hall–Kier alpha value is -3.69. The zero-order chi connectivity index (χ0) is 23.3. The molecule has 3 aromatic rings. The van der Waals surface area contributed by atoms with Crippen molar-refractivity contribution in [3.05, 3.63) is 76.1 Å². The van der Waals surface area contributed by atoms with Crippen LogP contribution in [0.3, 0.4) is 0 Å². The summed E-state index contributed by atoms with van der Waals surface area (Å²) in [4.78, 5) is 34.7. The van der Waals surface area contributed by atoms with E-state index in [2.05, 4.69) is 15.3 Å². The minimum atomic E-state index is -1.04. The van der Waals surface area contributed by atoms with Crippen LogP contribution >= 0.6 is 0 Å². The van der Waals surface area contributed by atoms with Crippen LogP contribution in [0.1, 0.15) is 10.4 Å². The lowest BCUT2D eigenvalue weighted by Crippen LogP contribution is -2.32. The van der Waals surface area contributed by atoms with E-state index < -0.39 is 17.5 Å². The van der Waals surface area contributed by atoms with Crippen molar-refractivity contribution >= 4 is 11.9 Å². The first-order valence-corrected chi connectivity index (χ1v) is 10.5. The number of likely N-dealkylation sites (tertiary alicyclic amines) is 1. The zero-order valence-electron chi connectivity index (χ0n) is 17.6. The first-order chi connectivity index (χ1) is 15.8. The summed E-state index contributed by atoms with van der Waals surface area (Å²) in [5.41, 5.74) is 0.224. The van der Waals surface area contributed by atoms with Gasteiger partial charge in [0.2, 0.25) is 5.95 Å². The molecule has 10 heteroatoms. The number of piperidine rings is 1. The van der Waals surface area contributed by atoms with Crippen LogP contribution in [0.25, 0.3) is 11.3 Å². The van der Waals surface area contributed by atoms with Gasteiger partial charge in [0.25, 0.3) is 11.5 Å². The molecule has 3 heterocycles. The maximum absolute atomic E-state index is 14.1. The summed E-state index contributed by atoms with van der Waals surface area (Å²) >= 11 is 0. The molecule has 7 nitrogen and oxygen atoms in total. The highest BCUT2D eigenvalue weighted by atomic mass is 19.2. The Balaban J connectivity index is 1.23. The maximum atomic E-state index is 14.1. The van der Waals surface area contributed by atoms with Gasteiger partial charge < -0.3 is 10.2 Å². The fourth-order valence-corrected chi connectivity index (χ4v) is 4.56. The van der Waals surface area contributed by atoms with Crippen molar-refractivity contribution in [2.24, 2.45) is 24.8 Å². The number of halogens is 3. The number of hydrogen-bond acceptors (Lipinski definition) is 5. The monoisotopic (exact) mass is 455 g/mol. The van der Waals surface area contributed by atoms with Crippen molar-refractivity contribution < 1.29 is 18.0 Å². The Kier molecular flexibility index (Phi) is 5.15. The van der Waals surface area contributed by atoms with Gasteiger partial charge in [0.05, 0.1) is 11.9 Å². The summed E-state index contributed by atoms with van der Waals surface area (Å²) in [6.07, 6.45) is 2.50. The lowest BCUT2D eigenvalue weighted by atomic mass is 10.1. The van der Waals surface area contributed by atoms with Gasteiger partial charge in [-0.15, -0.1) is 0 Å². The second-order valence-electron chi connectivity index (χ2n) is 8.43. The number of hydrogen-bond donors (Lipinski definition) is 1. The number of nitrogens with zero attached hydrogens (tertiary/aromatic N) is 4. The van der Waals surface area contributed by atoms with E-state index in [1.807, 2.05) is 0 Å². The van der Waals surface area contributed by atoms with E-state index in [0.717, 1.165) is 18.3 Å². The van der Waals surface area contributed by atoms with Gasteiger partial charge in [-0.05, 0) is 42.0 Å². The molecule has 33 heavy (non-hydrogen) atoms. The van der Waals surface area contributed by atoms with E-state index in [0.29, 0.717) is 25.6 Å². The molecule has 2 fully saturated rings. The van der Waals surface area contributed by atoms with Crippen molar-refractivity contribution in [3.8, 4) is 11.3 Å². The Morgan fingerprint density at radius 1 is 1.09 bits per heavy atom. The van der Waals surface area contributed by atoms with E-state index >= 15 is 0 Å². The van der Waals surface area contributed by atoms with Crippen LogP contribution in [-0.2, 0) is 7.05 Å². The standard InChI is InChI=1S/C23H20F3N5O2/c1-30-21(32)7-20(13-4-5-27-9-19(13)26)29-23(30)28-8-14-15-10-31(11-16(14)15)22(33)12-2-3-17(24)18(25)6-12/h2-7,9,14-16H,8,10-11H2,1H3,(H,28,29). The summed E-state index contributed by atoms with van der Waals surface area (Å²) in [6, 6.07) is 5.90. The molecule has 0 radical (unpaired) electrons. The van der Waals surface area contributed by atoms with Crippen LogP contribution in [-0.4, -0.2) is 45.0 Å². The Morgan fingerprint density at radius 3 is 2.55 bits per heavy atom. The highest BCUT2D eigenvalue weighted by molar-refractivity contribution is 5.94. The lowest BCUT2D eigenvalue weighted by Gasteiger charge is -2.20. The summed E-state index contributed by atoms with van der Waals surface area (Å²) in [5, 5.41) is 3.18. The van der Waals surface area contributed by atoms with Gasteiger partial charge >= 0.3 is 0 Å². The number of carbonyl (C=O) groups excluding carboxylic acids is 1. The van der Waals surface area contributed by atoms with Gasteiger partial charge in [-0.25, -0.2) is 18.2 Å². The summed E-state index contributed by atoms with van der Waals surface area (Å²) in [6.45, 7) is 1.61. The molecule has 0 bridgehead atoms. The molecule has 1 aliphatic carbocycles. The highest BCUT2D eigenvalue weighted by Crippen LogP contribution is 2.51. The van der Waals surface area contributed by atoms with E-state index in [-0.39, 0.29) is 46.0 Å². The van der Waals surface area contributed by atoms with Crippen LogP contribution < -0.4 is 10.9 Å². The second-order valence-corrected chi connectivity index (χ2v) is 8.43. The number of amides is 1. The minimum absolute atomic E-state index is 0.129. The largest absolute Gasteiger partial charge is 0.355 e. The van der Waals surface area contributed by atoms with E-state index in [4.69, 9.17) is 0 Å². The molecule has 2 unspecified atom stereocenters. The van der Waals surface area contributed by atoms with Gasteiger partial charge in [-0.2, -0.15) is 0 Å². The number of anilines is 1. The molecule has 1 saturated carbocycles. The summed E-state index contributed by atoms with van der Waals surface area (Å²) in [5.74, 6) is -1.73. The molecule has 1 aliphatic heterocycles. The first-order valence-electron chi connectivity index (χ1n) is 10.5. The van der Waals surface area contributed by atoms with Crippen LogP contribution in [0.15, 0.2) is 47.5 Å². The minimum Gasteiger partial charge on any atom is -0.355 e. The lowest BCUT2D eigenvalue weighted by molar-refractivity contribution is 0.0768. The fraction of sp³-hybridized carbons (Fsp3) is 0.304. The van der Waals surface area contributed by atoms with Gasteiger partial charge in [0, 0.05) is 50.1 Å².